The molecule has 1 saturated carbocycles. The highest BCUT2D eigenvalue weighted by molar-refractivity contribution is 6.25. The van der Waals surface area contributed by atoms with Gasteiger partial charge in [0, 0.05) is 93.8 Å². The predicted molar refractivity (Wildman–Crippen MR) is 228 cm³/mol. The number of halogens is 1. The van der Waals surface area contributed by atoms with Gasteiger partial charge >= 0.3 is 0 Å². The Morgan fingerprint density at radius 3 is 2.51 bits per heavy atom. The summed E-state index contributed by atoms with van der Waals surface area (Å²) in [4.78, 5) is 90.6. The first-order chi connectivity index (χ1) is 30.6. The molecule has 19 heteroatoms. The lowest BCUT2D eigenvalue weighted by atomic mass is 10.0. The van der Waals surface area contributed by atoms with Crippen LogP contribution in [0.3, 0.4) is 0 Å². The fraction of sp³-hybridized carbons (Fsp3) is 0.386. The van der Waals surface area contributed by atoms with E-state index >= 15 is 4.39 Å². The van der Waals surface area contributed by atoms with Crippen LogP contribution < -0.4 is 21.3 Å². The number of unbranched alkanes of at least 4 members (excludes halogenated alkanes) is 2. The number of amides is 6. The van der Waals surface area contributed by atoms with E-state index in [1.807, 2.05) is 10.6 Å². The SMILES string of the molecule is O=C(CCCCCNc1cccc2c1C(=O)N(C1CCC(=O)NC1=O)C2=O)NCCN1CCN(C(=O)c2ccc(Nc3nc(C4CC4)cn4c(-c5cn[nH]c5)cnc34)c(F)c2)CC1. The van der Waals surface area contributed by atoms with Crippen molar-refractivity contribution in [1.29, 1.82) is 0 Å². The molecule has 2 saturated heterocycles. The number of nitrogens with one attached hydrogen (secondary N) is 5. The number of H-pyrrole nitrogens is 1. The Kier molecular flexibility index (Phi) is 11.7. The molecule has 1 atom stereocenters. The van der Waals surface area contributed by atoms with Gasteiger partial charge in [-0.25, -0.2) is 14.4 Å². The average molecular weight is 859 g/mol. The third-order valence-electron chi connectivity index (χ3n) is 12.0. The Hall–Kier alpha value is -7.02. The fourth-order valence-corrected chi connectivity index (χ4v) is 8.42. The molecule has 3 aliphatic heterocycles. The van der Waals surface area contributed by atoms with Crippen molar-refractivity contribution in [3.05, 3.63) is 89.4 Å². The summed E-state index contributed by atoms with van der Waals surface area (Å²) in [6.07, 6.45) is 12.0. The topological polar surface area (TPSA) is 219 Å². The Bertz CT molecular complexity index is 2600. The van der Waals surface area contributed by atoms with E-state index in [-0.39, 0.29) is 47.0 Å². The van der Waals surface area contributed by atoms with Gasteiger partial charge in [0.2, 0.25) is 17.7 Å². The maximum Gasteiger partial charge on any atom is 0.264 e. The monoisotopic (exact) mass is 858 g/mol. The van der Waals surface area contributed by atoms with Crippen molar-refractivity contribution in [1.82, 2.24) is 49.9 Å². The second-order valence-electron chi connectivity index (χ2n) is 16.3. The van der Waals surface area contributed by atoms with Gasteiger partial charge in [-0.2, -0.15) is 5.10 Å². The van der Waals surface area contributed by atoms with Crippen LogP contribution in [-0.2, 0) is 14.4 Å². The summed E-state index contributed by atoms with van der Waals surface area (Å²) in [6, 6.07) is 8.36. The van der Waals surface area contributed by atoms with E-state index in [4.69, 9.17) is 4.98 Å². The zero-order valence-electron chi connectivity index (χ0n) is 34.5. The second kappa shape index (κ2) is 17.8. The predicted octanol–water partition coefficient (Wildman–Crippen LogP) is 3.83. The minimum Gasteiger partial charge on any atom is -0.384 e. The van der Waals surface area contributed by atoms with Crippen molar-refractivity contribution in [2.75, 3.05) is 56.4 Å². The molecule has 3 aromatic heterocycles. The van der Waals surface area contributed by atoms with E-state index in [0.717, 1.165) is 47.5 Å². The maximum absolute atomic E-state index is 15.6. The summed E-state index contributed by atoms with van der Waals surface area (Å²) in [5.41, 5.74) is 4.55. The number of imidazole rings is 1. The number of imide groups is 2. The van der Waals surface area contributed by atoms with Gasteiger partial charge in [0.1, 0.15) is 11.9 Å². The van der Waals surface area contributed by atoms with E-state index in [0.29, 0.717) is 81.7 Å². The number of aromatic amines is 1. The molecule has 18 nitrogen and oxygen atoms in total. The number of hydrogen-bond donors (Lipinski definition) is 5. The number of piperazine rings is 1. The summed E-state index contributed by atoms with van der Waals surface area (Å²) < 4.78 is 17.5. The molecule has 63 heavy (non-hydrogen) atoms. The molecular formula is C44H47FN12O6. The Labute approximate surface area is 361 Å². The van der Waals surface area contributed by atoms with Crippen molar-refractivity contribution < 1.29 is 33.2 Å². The van der Waals surface area contributed by atoms with Gasteiger partial charge in [0.25, 0.3) is 17.7 Å². The van der Waals surface area contributed by atoms with Crippen LogP contribution in [0.2, 0.25) is 0 Å². The Morgan fingerprint density at radius 2 is 1.75 bits per heavy atom. The highest BCUT2D eigenvalue weighted by Crippen LogP contribution is 2.41. The van der Waals surface area contributed by atoms with Gasteiger partial charge in [0.15, 0.2) is 11.5 Å². The van der Waals surface area contributed by atoms with E-state index in [9.17, 15) is 28.8 Å². The van der Waals surface area contributed by atoms with Crippen LogP contribution >= 0.6 is 0 Å². The normalized spacial score (nSPS) is 17.9. The highest BCUT2D eigenvalue weighted by atomic mass is 19.1. The number of anilines is 3. The molecule has 0 bridgehead atoms. The van der Waals surface area contributed by atoms with Crippen molar-refractivity contribution in [3.8, 4) is 11.3 Å². The first kappa shape index (κ1) is 41.3. The number of carbonyl (C=O) groups excluding carboxylic acids is 6. The fourth-order valence-electron chi connectivity index (χ4n) is 8.42. The van der Waals surface area contributed by atoms with Gasteiger partial charge in [0.05, 0.1) is 40.6 Å². The summed E-state index contributed by atoms with van der Waals surface area (Å²) in [5.74, 6) is -2.28. The second-order valence-corrected chi connectivity index (χ2v) is 16.3. The quantitative estimate of drug-likeness (QED) is 0.0707. The van der Waals surface area contributed by atoms with Crippen LogP contribution in [0.15, 0.2) is 61.2 Å². The number of aromatic nitrogens is 5. The van der Waals surface area contributed by atoms with Crippen LogP contribution in [0.5, 0.6) is 0 Å². The zero-order valence-corrected chi connectivity index (χ0v) is 34.5. The Balaban J connectivity index is 0.681. The lowest BCUT2D eigenvalue weighted by Gasteiger charge is -2.34. The van der Waals surface area contributed by atoms with Crippen LogP contribution in [0.25, 0.3) is 16.9 Å². The number of rotatable bonds is 16. The lowest BCUT2D eigenvalue weighted by Crippen LogP contribution is -2.54. The van der Waals surface area contributed by atoms with Crippen LogP contribution in [0.4, 0.5) is 21.6 Å². The summed E-state index contributed by atoms with van der Waals surface area (Å²) in [6.45, 7) is 3.84. The molecule has 9 rings (SSSR count). The van der Waals surface area contributed by atoms with E-state index < -0.39 is 35.5 Å². The van der Waals surface area contributed by atoms with E-state index in [1.54, 1.807) is 53.8 Å². The van der Waals surface area contributed by atoms with Gasteiger partial charge in [-0.3, -0.25) is 53.4 Å². The minimum absolute atomic E-state index is 0.0464. The largest absolute Gasteiger partial charge is 0.384 e. The molecule has 5 aromatic rings. The maximum atomic E-state index is 15.6. The number of piperidine rings is 1. The smallest absolute Gasteiger partial charge is 0.264 e. The first-order valence-electron chi connectivity index (χ1n) is 21.4. The number of carbonyl (C=O) groups is 6. The van der Waals surface area contributed by atoms with Gasteiger partial charge in [-0.05, 0) is 62.4 Å². The van der Waals surface area contributed by atoms with E-state index in [2.05, 4.69) is 41.3 Å². The molecule has 3 fully saturated rings. The van der Waals surface area contributed by atoms with Crippen LogP contribution in [0, 0.1) is 5.82 Å². The highest BCUT2D eigenvalue weighted by Gasteiger charge is 2.45. The number of hydrogen-bond acceptors (Lipinski definition) is 12. The molecule has 5 N–H and O–H groups in total. The van der Waals surface area contributed by atoms with Crippen molar-refractivity contribution in [2.45, 2.75) is 63.3 Å². The molecule has 1 unspecified atom stereocenters. The van der Waals surface area contributed by atoms with Gasteiger partial charge in [-0.1, -0.05) is 12.5 Å². The zero-order chi connectivity index (χ0) is 43.6. The molecule has 4 aliphatic rings. The average Bonchev–Trinajstić information content (AvgIpc) is 3.70. The molecule has 0 spiro atoms. The number of nitrogens with zero attached hydrogens (tertiary/aromatic N) is 7. The van der Waals surface area contributed by atoms with E-state index in [1.165, 1.54) is 6.07 Å². The summed E-state index contributed by atoms with van der Waals surface area (Å²) in [5, 5.41) is 18.4. The van der Waals surface area contributed by atoms with Gasteiger partial charge in [-0.15, -0.1) is 0 Å². The third-order valence-corrected chi connectivity index (χ3v) is 12.0. The summed E-state index contributed by atoms with van der Waals surface area (Å²) in [7, 11) is 0. The molecule has 0 radical (unpaired) electrons. The van der Waals surface area contributed by atoms with Crippen molar-refractivity contribution in [3.63, 3.8) is 0 Å². The molecule has 6 heterocycles. The molecule has 326 valence electrons. The van der Waals surface area contributed by atoms with Crippen LogP contribution in [0.1, 0.15) is 94.1 Å². The van der Waals surface area contributed by atoms with Gasteiger partial charge < -0.3 is 20.9 Å². The van der Waals surface area contributed by atoms with Crippen molar-refractivity contribution >= 4 is 58.3 Å². The molecule has 1 aliphatic carbocycles. The minimum atomic E-state index is -1.03. The van der Waals surface area contributed by atoms with Crippen LogP contribution in [-0.4, -0.2) is 127 Å². The lowest BCUT2D eigenvalue weighted by molar-refractivity contribution is -0.136. The van der Waals surface area contributed by atoms with Crippen molar-refractivity contribution in [2.24, 2.45) is 0 Å². The number of fused-ring (bicyclic) bond motifs is 2. The first-order valence-corrected chi connectivity index (χ1v) is 21.4. The Morgan fingerprint density at radius 1 is 0.905 bits per heavy atom. The number of benzene rings is 2. The molecule has 6 amide bonds. The molecular weight excluding hydrogens is 812 g/mol. The third kappa shape index (κ3) is 8.73. The molecule has 2 aromatic carbocycles. The standard InChI is InChI=1S/C44H47FN12O6/c45-30-21-27(10-11-31(30)51-39-40-48-24-35(28-22-49-50-23-28)56(40)25-33(52-39)26-8-9-26)42(61)55-19-17-54(18-20-55)16-15-47-36(58)7-2-1-3-14-46-32-6-4-5-29-38(32)44(63)57(43(29)62)34-12-13-37(59)53-41(34)60/h4-6,10-11,21-26,34,46H,1-3,7-9,12-20H2,(H,47,58)(H,49,50)(H,51,52)(H,53,59,60). The summed E-state index contributed by atoms with van der Waals surface area (Å²) >= 11 is 0.